The van der Waals surface area contributed by atoms with Crippen molar-refractivity contribution in [3.05, 3.63) is 0 Å². The van der Waals surface area contributed by atoms with E-state index in [2.05, 4.69) is 41.8 Å². The van der Waals surface area contributed by atoms with Gasteiger partial charge in [0.1, 0.15) is 0 Å². The van der Waals surface area contributed by atoms with Crippen molar-refractivity contribution < 1.29 is 17.5 Å². The molecule has 0 spiro atoms. The van der Waals surface area contributed by atoms with E-state index in [1.54, 1.807) is 0 Å². The number of unbranched alkanes of at least 4 members (excludes halogenated alkanes) is 13. The molecule has 0 radical (unpaired) electrons. The lowest BCUT2D eigenvalue weighted by atomic mass is 9.96. The topological polar surface area (TPSA) is 57.2 Å². The third kappa shape index (κ3) is 22.4. The van der Waals surface area contributed by atoms with Gasteiger partial charge in [0.15, 0.2) is 0 Å². The lowest BCUT2D eigenvalue weighted by Gasteiger charge is -2.44. The lowest BCUT2D eigenvalue weighted by molar-refractivity contribution is -0.938. The van der Waals surface area contributed by atoms with Crippen LogP contribution in [-0.4, -0.2) is 49.9 Å². The molecule has 0 saturated heterocycles. The summed E-state index contributed by atoms with van der Waals surface area (Å²) in [5.41, 5.74) is 0.413. The Hall–Kier alpha value is -0.130. The summed E-state index contributed by atoms with van der Waals surface area (Å²) in [5.74, 6) is 0. The Morgan fingerprint density at radius 3 is 1.24 bits per heavy atom. The van der Waals surface area contributed by atoms with Crippen LogP contribution in [0.3, 0.4) is 0 Å². The molecule has 0 aliphatic rings. The predicted molar refractivity (Wildman–Crippen MR) is 127 cm³/mol. The van der Waals surface area contributed by atoms with Gasteiger partial charge in [-0.3, -0.25) is 0 Å². The Balaban J connectivity index is 0. The average molecular weight is 436 g/mol. The largest absolute Gasteiger partial charge is 0.748 e. The SMILES string of the molecule is CCCCCCCCCCCCCCCC[N+](C)(C)C(C)(C)CC.CS(=O)(=O)[O-]. The molecule has 0 saturated carbocycles. The van der Waals surface area contributed by atoms with Crippen LogP contribution in [0.2, 0.25) is 0 Å². The molecule has 0 aliphatic heterocycles. The zero-order valence-electron chi connectivity index (χ0n) is 20.9. The predicted octanol–water partition coefficient (Wildman–Crippen LogP) is 6.89. The molecule has 0 aliphatic carbocycles. The highest BCUT2D eigenvalue weighted by Gasteiger charge is 2.33. The first-order chi connectivity index (χ1) is 13.4. The summed E-state index contributed by atoms with van der Waals surface area (Å²) in [6, 6.07) is 0. The van der Waals surface area contributed by atoms with Crippen LogP contribution in [0.25, 0.3) is 0 Å². The molecule has 0 N–H and O–H groups in total. The van der Waals surface area contributed by atoms with Gasteiger partial charge in [0.05, 0.1) is 36.3 Å². The van der Waals surface area contributed by atoms with E-state index in [1.165, 1.54) is 107 Å². The number of hydrogen-bond donors (Lipinski definition) is 0. The zero-order chi connectivity index (χ0) is 22.8. The van der Waals surface area contributed by atoms with Gasteiger partial charge >= 0.3 is 0 Å². The summed E-state index contributed by atoms with van der Waals surface area (Å²) in [6.07, 6.45) is 22.2. The number of rotatable bonds is 17. The first-order valence-electron chi connectivity index (χ1n) is 12.1. The van der Waals surface area contributed by atoms with Crippen molar-refractivity contribution in [3.63, 3.8) is 0 Å². The second-order valence-corrected chi connectivity index (χ2v) is 11.3. The minimum Gasteiger partial charge on any atom is -0.748 e. The van der Waals surface area contributed by atoms with Crippen LogP contribution in [-0.2, 0) is 10.1 Å². The van der Waals surface area contributed by atoms with Crippen LogP contribution in [0.4, 0.5) is 0 Å². The highest BCUT2D eigenvalue weighted by atomic mass is 32.2. The molecule has 0 aromatic carbocycles. The fraction of sp³-hybridized carbons (Fsp3) is 1.00. The molecule has 5 heteroatoms. The minimum absolute atomic E-state index is 0.413. The highest BCUT2D eigenvalue weighted by Crippen LogP contribution is 2.24. The molecule has 0 aromatic heterocycles. The smallest absolute Gasteiger partial charge is 0.0928 e. The maximum absolute atomic E-state index is 9.08. The second kappa shape index (κ2) is 17.5. The van der Waals surface area contributed by atoms with Crippen LogP contribution in [0.5, 0.6) is 0 Å². The Bertz CT molecular complexity index is 451. The van der Waals surface area contributed by atoms with Gasteiger partial charge in [-0.2, -0.15) is 0 Å². The highest BCUT2D eigenvalue weighted by molar-refractivity contribution is 7.84. The first kappa shape index (κ1) is 31.1. The number of nitrogens with zero attached hydrogens (tertiary/aromatic N) is 1. The van der Waals surface area contributed by atoms with Crippen LogP contribution < -0.4 is 0 Å². The monoisotopic (exact) mass is 435 g/mol. The Morgan fingerprint density at radius 2 is 0.966 bits per heavy atom. The van der Waals surface area contributed by atoms with Gasteiger partial charge in [-0.15, -0.1) is 0 Å². The van der Waals surface area contributed by atoms with Crippen molar-refractivity contribution in [2.45, 2.75) is 130 Å². The molecule has 178 valence electrons. The van der Waals surface area contributed by atoms with E-state index >= 15 is 0 Å². The van der Waals surface area contributed by atoms with Gasteiger partial charge in [0.25, 0.3) is 0 Å². The van der Waals surface area contributed by atoms with E-state index < -0.39 is 10.1 Å². The van der Waals surface area contributed by atoms with Crippen molar-refractivity contribution in [1.82, 2.24) is 0 Å². The van der Waals surface area contributed by atoms with Gasteiger partial charge in [0, 0.05) is 6.26 Å². The molecular formula is C24H53NO3S. The summed E-state index contributed by atoms with van der Waals surface area (Å²) in [6.45, 7) is 10.8. The first-order valence-corrected chi connectivity index (χ1v) is 13.9. The fourth-order valence-electron chi connectivity index (χ4n) is 3.43. The Kier molecular flexibility index (Phi) is 18.8. The van der Waals surface area contributed by atoms with Crippen LogP contribution in [0.15, 0.2) is 0 Å². The Labute approximate surface area is 184 Å². The molecule has 0 heterocycles. The third-order valence-electron chi connectivity index (χ3n) is 6.57. The van der Waals surface area contributed by atoms with Crippen LogP contribution >= 0.6 is 0 Å². The molecule has 0 fully saturated rings. The van der Waals surface area contributed by atoms with Crippen molar-refractivity contribution in [3.8, 4) is 0 Å². The fourth-order valence-corrected chi connectivity index (χ4v) is 3.43. The van der Waals surface area contributed by atoms with E-state index in [4.69, 9.17) is 13.0 Å². The van der Waals surface area contributed by atoms with Gasteiger partial charge in [0.2, 0.25) is 0 Å². The van der Waals surface area contributed by atoms with E-state index in [0.717, 1.165) is 0 Å². The number of quaternary nitrogens is 1. The summed E-state index contributed by atoms with van der Waals surface area (Å²) in [5, 5.41) is 0. The third-order valence-corrected chi connectivity index (χ3v) is 6.57. The van der Waals surface area contributed by atoms with Gasteiger partial charge < -0.3 is 9.04 Å². The molecule has 0 unspecified atom stereocenters. The van der Waals surface area contributed by atoms with Crippen molar-refractivity contribution in [2.24, 2.45) is 0 Å². The summed E-state index contributed by atoms with van der Waals surface area (Å²) >= 11 is 0. The standard InChI is InChI=1S/C23H50N.CH4O3S/c1-7-9-10-11-12-13-14-15-16-17-18-19-20-21-22-24(5,6)23(3,4)8-2;1-5(2,3)4/h7-22H2,1-6H3;1H3,(H,2,3,4)/q+1;/p-1. The lowest BCUT2D eigenvalue weighted by Crippen LogP contribution is -2.56. The quantitative estimate of drug-likeness (QED) is 0.142. The van der Waals surface area contributed by atoms with Crippen molar-refractivity contribution in [2.75, 3.05) is 26.9 Å². The molecule has 0 amide bonds. The van der Waals surface area contributed by atoms with E-state index in [-0.39, 0.29) is 0 Å². The molecule has 4 nitrogen and oxygen atoms in total. The molecular weight excluding hydrogens is 382 g/mol. The van der Waals surface area contributed by atoms with Crippen molar-refractivity contribution in [1.29, 1.82) is 0 Å². The average Bonchev–Trinajstić information content (AvgIpc) is 2.60. The molecule has 0 bridgehead atoms. The summed E-state index contributed by atoms with van der Waals surface area (Å²) in [4.78, 5) is 0. The molecule has 29 heavy (non-hydrogen) atoms. The van der Waals surface area contributed by atoms with Crippen molar-refractivity contribution >= 4 is 10.1 Å². The maximum Gasteiger partial charge on any atom is 0.0928 e. The maximum atomic E-state index is 9.08. The van der Waals surface area contributed by atoms with Gasteiger partial charge in [-0.05, 0) is 33.1 Å². The van der Waals surface area contributed by atoms with Crippen LogP contribution in [0.1, 0.15) is 124 Å². The molecule has 0 rings (SSSR count). The van der Waals surface area contributed by atoms with E-state index in [1.807, 2.05) is 0 Å². The van der Waals surface area contributed by atoms with E-state index in [9.17, 15) is 0 Å². The summed E-state index contributed by atoms with van der Waals surface area (Å²) in [7, 11) is 0.900. The minimum atomic E-state index is -3.92. The van der Waals surface area contributed by atoms with Gasteiger partial charge in [-0.25, -0.2) is 8.42 Å². The number of hydrogen-bond acceptors (Lipinski definition) is 3. The molecule has 0 atom stereocenters. The zero-order valence-corrected chi connectivity index (χ0v) is 21.7. The normalized spacial score (nSPS) is 12.6. The van der Waals surface area contributed by atoms with E-state index in [0.29, 0.717) is 11.8 Å². The van der Waals surface area contributed by atoms with Gasteiger partial charge in [-0.1, -0.05) is 90.9 Å². The second-order valence-electron chi connectivity index (χ2n) is 9.87. The molecule has 0 aromatic rings. The van der Waals surface area contributed by atoms with Crippen LogP contribution in [0, 0.1) is 0 Å². The Morgan fingerprint density at radius 1 is 0.690 bits per heavy atom. The summed E-state index contributed by atoms with van der Waals surface area (Å²) < 4.78 is 28.4.